The van der Waals surface area contributed by atoms with E-state index in [1.165, 1.54) is 0 Å². The van der Waals surface area contributed by atoms with Gasteiger partial charge in [0.1, 0.15) is 6.04 Å². The van der Waals surface area contributed by atoms with Crippen LogP contribution in [0.5, 0.6) is 0 Å². The first-order valence-electron chi connectivity index (χ1n) is 4.66. The minimum Gasteiger partial charge on any atom is -0.343 e. The Bertz CT molecular complexity index is 280. The lowest BCUT2D eigenvalue weighted by atomic mass is 10.2. The normalized spacial score (nSPS) is 21.7. The van der Waals surface area contributed by atoms with E-state index in [0.29, 0.717) is 13.0 Å². The van der Waals surface area contributed by atoms with Crippen molar-refractivity contribution < 1.29 is 9.59 Å². The van der Waals surface area contributed by atoms with Gasteiger partial charge in [0, 0.05) is 13.0 Å². The van der Waals surface area contributed by atoms with Crippen molar-refractivity contribution in [3.8, 4) is 12.3 Å². The zero-order chi connectivity index (χ0) is 10.6. The summed E-state index contributed by atoms with van der Waals surface area (Å²) in [5.41, 5.74) is 0. The van der Waals surface area contributed by atoms with Crippen molar-refractivity contribution in [1.29, 1.82) is 0 Å². The van der Waals surface area contributed by atoms with E-state index in [0.717, 1.165) is 6.42 Å². The van der Waals surface area contributed by atoms with E-state index in [1.54, 1.807) is 11.8 Å². The largest absolute Gasteiger partial charge is 0.343 e. The summed E-state index contributed by atoms with van der Waals surface area (Å²) in [7, 11) is 0. The Morgan fingerprint density at radius 1 is 1.64 bits per heavy atom. The van der Waals surface area contributed by atoms with Gasteiger partial charge in [-0.15, -0.1) is 12.3 Å². The van der Waals surface area contributed by atoms with Crippen LogP contribution in [0.4, 0.5) is 0 Å². The number of piperazine rings is 1. The summed E-state index contributed by atoms with van der Waals surface area (Å²) in [4.78, 5) is 24.2. The predicted octanol–water partition coefficient (Wildman–Crippen LogP) is -0.253. The lowest BCUT2D eigenvalue weighted by Gasteiger charge is -2.30. The van der Waals surface area contributed by atoms with Crippen molar-refractivity contribution in [2.24, 2.45) is 0 Å². The third-order valence-corrected chi connectivity index (χ3v) is 2.14. The van der Waals surface area contributed by atoms with Crippen molar-refractivity contribution in [3.63, 3.8) is 0 Å². The van der Waals surface area contributed by atoms with Gasteiger partial charge in [0.25, 0.3) is 0 Å². The number of rotatable bonds is 3. The van der Waals surface area contributed by atoms with E-state index in [9.17, 15) is 9.59 Å². The molecule has 14 heavy (non-hydrogen) atoms. The topological polar surface area (TPSA) is 49.4 Å². The van der Waals surface area contributed by atoms with Gasteiger partial charge in [-0.3, -0.25) is 9.59 Å². The van der Waals surface area contributed by atoms with E-state index in [4.69, 9.17) is 6.42 Å². The molecule has 4 heteroatoms. The van der Waals surface area contributed by atoms with Crippen molar-refractivity contribution in [2.45, 2.75) is 25.8 Å². The number of unbranched alkanes of at least 4 members (excludes halogenated alkanes) is 1. The van der Waals surface area contributed by atoms with Crippen LogP contribution in [0.2, 0.25) is 0 Å². The highest BCUT2D eigenvalue weighted by Gasteiger charge is 2.28. The number of carbonyl (C=O) groups is 2. The first-order valence-corrected chi connectivity index (χ1v) is 4.66. The van der Waals surface area contributed by atoms with Crippen LogP contribution >= 0.6 is 0 Å². The Labute approximate surface area is 83.6 Å². The van der Waals surface area contributed by atoms with E-state index in [2.05, 4.69) is 11.2 Å². The lowest BCUT2D eigenvalue weighted by Crippen LogP contribution is -2.56. The van der Waals surface area contributed by atoms with E-state index in [-0.39, 0.29) is 18.4 Å². The van der Waals surface area contributed by atoms with Gasteiger partial charge in [0.2, 0.25) is 11.8 Å². The molecular formula is C10H14N2O2. The first-order chi connectivity index (χ1) is 6.65. The molecule has 1 aliphatic heterocycles. The summed E-state index contributed by atoms with van der Waals surface area (Å²) in [6.45, 7) is 2.42. The van der Waals surface area contributed by atoms with Gasteiger partial charge in [-0.2, -0.15) is 0 Å². The molecule has 0 aliphatic carbocycles. The van der Waals surface area contributed by atoms with Crippen molar-refractivity contribution in [1.82, 2.24) is 10.2 Å². The van der Waals surface area contributed by atoms with Gasteiger partial charge < -0.3 is 10.2 Å². The van der Waals surface area contributed by atoms with Crippen LogP contribution in [-0.2, 0) is 9.59 Å². The highest BCUT2D eigenvalue weighted by atomic mass is 16.2. The SMILES string of the molecule is C#CCCCN1CC(=O)NC(C)C1=O. The van der Waals surface area contributed by atoms with Crippen LogP contribution in [0, 0.1) is 12.3 Å². The molecule has 1 fully saturated rings. The number of terminal acetylenes is 1. The highest BCUT2D eigenvalue weighted by Crippen LogP contribution is 2.03. The molecule has 1 aliphatic rings. The second kappa shape index (κ2) is 4.66. The molecule has 2 amide bonds. The lowest BCUT2D eigenvalue weighted by molar-refractivity contribution is -0.143. The Morgan fingerprint density at radius 2 is 2.36 bits per heavy atom. The van der Waals surface area contributed by atoms with Crippen LogP contribution in [0.1, 0.15) is 19.8 Å². The standard InChI is InChI=1S/C10H14N2O2/c1-3-4-5-6-12-7-9(13)11-8(2)10(12)14/h1,8H,4-7H2,2H3,(H,11,13). The van der Waals surface area contributed by atoms with Gasteiger partial charge in [0.05, 0.1) is 6.54 Å². The zero-order valence-electron chi connectivity index (χ0n) is 8.25. The summed E-state index contributed by atoms with van der Waals surface area (Å²) >= 11 is 0. The van der Waals surface area contributed by atoms with Gasteiger partial charge >= 0.3 is 0 Å². The molecule has 0 aromatic heterocycles. The van der Waals surface area contributed by atoms with Crippen molar-refractivity contribution in [2.75, 3.05) is 13.1 Å². The second-order valence-electron chi connectivity index (χ2n) is 3.36. The fourth-order valence-electron chi connectivity index (χ4n) is 1.44. The van der Waals surface area contributed by atoms with Gasteiger partial charge in [-0.05, 0) is 13.3 Å². The number of hydrogen-bond acceptors (Lipinski definition) is 2. The molecule has 0 aromatic rings. The third-order valence-electron chi connectivity index (χ3n) is 2.14. The third kappa shape index (κ3) is 2.49. The van der Waals surface area contributed by atoms with Crippen LogP contribution in [0.25, 0.3) is 0 Å². The quantitative estimate of drug-likeness (QED) is 0.497. The number of amides is 2. The summed E-state index contributed by atoms with van der Waals surface area (Å²) in [5, 5.41) is 2.58. The Hall–Kier alpha value is -1.50. The summed E-state index contributed by atoms with van der Waals surface area (Å²) in [5.74, 6) is 2.38. The molecule has 1 unspecified atom stereocenters. The van der Waals surface area contributed by atoms with E-state index >= 15 is 0 Å². The molecule has 0 bridgehead atoms. The maximum Gasteiger partial charge on any atom is 0.245 e. The number of nitrogens with one attached hydrogen (secondary N) is 1. The molecule has 0 aromatic carbocycles. The smallest absolute Gasteiger partial charge is 0.245 e. The first kappa shape index (κ1) is 10.6. The molecule has 0 radical (unpaired) electrons. The number of hydrogen-bond donors (Lipinski definition) is 1. The van der Waals surface area contributed by atoms with Gasteiger partial charge in [-0.25, -0.2) is 0 Å². The van der Waals surface area contributed by atoms with E-state index in [1.807, 2.05) is 0 Å². The number of carbonyl (C=O) groups excluding carboxylic acids is 2. The maximum atomic E-state index is 11.5. The molecule has 0 spiro atoms. The van der Waals surface area contributed by atoms with E-state index < -0.39 is 6.04 Å². The summed E-state index contributed by atoms with van der Waals surface area (Å²) in [6.07, 6.45) is 6.49. The van der Waals surface area contributed by atoms with Gasteiger partial charge in [0.15, 0.2) is 0 Å². The Morgan fingerprint density at radius 3 is 3.00 bits per heavy atom. The molecule has 4 nitrogen and oxygen atoms in total. The predicted molar refractivity (Wildman–Crippen MR) is 52.3 cm³/mol. The summed E-state index contributed by atoms with van der Waals surface area (Å²) in [6, 6.07) is -0.401. The molecule has 1 heterocycles. The molecular weight excluding hydrogens is 180 g/mol. The zero-order valence-corrected chi connectivity index (χ0v) is 8.25. The van der Waals surface area contributed by atoms with Crippen LogP contribution in [-0.4, -0.2) is 35.8 Å². The maximum absolute atomic E-state index is 11.5. The van der Waals surface area contributed by atoms with Crippen LogP contribution in [0.3, 0.4) is 0 Å². The van der Waals surface area contributed by atoms with Gasteiger partial charge in [-0.1, -0.05) is 0 Å². The monoisotopic (exact) mass is 194 g/mol. The summed E-state index contributed by atoms with van der Waals surface area (Å²) < 4.78 is 0. The minimum atomic E-state index is -0.401. The van der Waals surface area contributed by atoms with Crippen LogP contribution < -0.4 is 5.32 Å². The molecule has 1 saturated heterocycles. The Kier molecular flexibility index (Phi) is 3.52. The molecule has 1 atom stereocenters. The second-order valence-corrected chi connectivity index (χ2v) is 3.36. The fourth-order valence-corrected chi connectivity index (χ4v) is 1.44. The average Bonchev–Trinajstić information content (AvgIpc) is 2.13. The molecule has 1 N–H and O–H groups in total. The molecule has 76 valence electrons. The van der Waals surface area contributed by atoms with Crippen LogP contribution in [0.15, 0.2) is 0 Å². The molecule has 0 saturated carbocycles. The minimum absolute atomic E-state index is 0.0263. The average molecular weight is 194 g/mol. The van der Waals surface area contributed by atoms with Crippen molar-refractivity contribution in [3.05, 3.63) is 0 Å². The van der Waals surface area contributed by atoms with Crippen molar-refractivity contribution >= 4 is 11.8 Å². The fraction of sp³-hybridized carbons (Fsp3) is 0.600. The molecule has 1 rings (SSSR count). The highest BCUT2D eigenvalue weighted by molar-refractivity contribution is 5.94. The Balaban J connectivity index is 2.46. The number of nitrogens with zero attached hydrogens (tertiary/aromatic N) is 1.